The first-order valence-electron chi connectivity index (χ1n) is 4.63. The summed E-state index contributed by atoms with van der Waals surface area (Å²) in [6.07, 6.45) is 1.93. The van der Waals surface area contributed by atoms with Crippen LogP contribution in [0.25, 0.3) is 10.9 Å². The smallest absolute Gasteiger partial charge is 0.425 e. The maximum absolute atomic E-state index is 10.2. The number of para-hydroxylation sites is 1. The average molecular weight is 215 g/mol. The van der Waals surface area contributed by atoms with Gasteiger partial charge in [0.05, 0.1) is 11.7 Å². The number of rotatable bonds is 2. The second-order valence-electron chi connectivity index (χ2n) is 3.09. The number of nitrogens with one attached hydrogen (secondary N) is 1. The van der Waals surface area contributed by atoms with Gasteiger partial charge >= 0.3 is 6.09 Å². The number of pyridine rings is 1. The molecule has 0 aliphatic carbocycles. The number of amides is 1. The van der Waals surface area contributed by atoms with Gasteiger partial charge in [0.2, 0.25) is 0 Å². The number of hydrazone groups is 1. The Morgan fingerprint density at radius 1 is 1.38 bits per heavy atom. The highest BCUT2D eigenvalue weighted by atomic mass is 16.4. The van der Waals surface area contributed by atoms with Crippen LogP contribution in [0.5, 0.6) is 0 Å². The first kappa shape index (κ1) is 10.1. The van der Waals surface area contributed by atoms with Gasteiger partial charge in [0.25, 0.3) is 0 Å². The number of nitrogens with zero attached hydrogens (tertiary/aromatic N) is 2. The molecule has 0 saturated carbocycles. The summed E-state index contributed by atoms with van der Waals surface area (Å²) in [4.78, 5) is 14.4. The quantitative estimate of drug-likeness (QED) is 0.592. The maximum Gasteiger partial charge on any atom is 0.425 e. The van der Waals surface area contributed by atoms with Crippen LogP contribution in [-0.4, -0.2) is 22.4 Å². The predicted molar refractivity (Wildman–Crippen MR) is 60.5 cm³/mol. The standard InChI is InChI=1S/C11H9N3O2/c15-11(16)14-13-7-8-5-6-12-10-4-2-1-3-9(8)10/h1-7,14H,(H,15,16). The van der Waals surface area contributed by atoms with E-state index in [0.29, 0.717) is 0 Å². The zero-order chi connectivity index (χ0) is 11.4. The van der Waals surface area contributed by atoms with Gasteiger partial charge in [0.1, 0.15) is 0 Å². The van der Waals surface area contributed by atoms with Crippen LogP contribution in [0.15, 0.2) is 41.6 Å². The van der Waals surface area contributed by atoms with Crippen molar-refractivity contribution in [2.24, 2.45) is 5.10 Å². The molecule has 16 heavy (non-hydrogen) atoms. The zero-order valence-electron chi connectivity index (χ0n) is 8.29. The van der Waals surface area contributed by atoms with E-state index < -0.39 is 6.09 Å². The summed E-state index contributed by atoms with van der Waals surface area (Å²) in [6.45, 7) is 0. The van der Waals surface area contributed by atoms with E-state index in [1.807, 2.05) is 29.7 Å². The third-order valence-corrected chi connectivity index (χ3v) is 2.05. The fourth-order valence-electron chi connectivity index (χ4n) is 1.39. The summed E-state index contributed by atoms with van der Waals surface area (Å²) in [7, 11) is 0. The van der Waals surface area contributed by atoms with Crippen molar-refractivity contribution in [3.63, 3.8) is 0 Å². The molecule has 0 aliphatic heterocycles. The molecule has 2 rings (SSSR count). The van der Waals surface area contributed by atoms with Crippen molar-refractivity contribution in [2.45, 2.75) is 0 Å². The summed E-state index contributed by atoms with van der Waals surface area (Å²) in [5.74, 6) is 0. The lowest BCUT2D eigenvalue weighted by Crippen LogP contribution is -2.13. The topological polar surface area (TPSA) is 74.6 Å². The first-order valence-corrected chi connectivity index (χ1v) is 4.63. The van der Waals surface area contributed by atoms with E-state index in [4.69, 9.17) is 5.11 Å². The molecule has 0 fully saturated rings. The summed E-state index contributed by atoms with van der Waals surface area (Å²) in [5, 5.41) is 12.9. The molecule has 0 saturated heterocycles. The minimum Gasteiger partial charge on any atom is -0.464 e. The van der Waals surface area contributed by atoms with Crippen LogP contribution in [-0.2, 0) is 0 Å². The van der Waals surface area contributed by atoms with Crippen molar-refractivity contribution in [3.05, 3.63) is 42.1 Å². The molecule has 0 atom stereocenters. The van der Waals surface area contributed by atoms with E-state index in [1.54, 1.807) is 12.3 Å². The first-order chi connectivity index (χ1) is 7.77. The maximum atomic E-state index is 10.2. The predicted octanol–water partition coefficient (Wildman–Crippen LogP) is 1.84. The van der Waals surface area contributed by atoms with Gasteiger partial charge in [0, 0.05) is 17.1 Å². The number of hydrogen-bond donors (Lipinski definition) is 2. The Kier molecular flexibility index (Phi) is 2.77. The van der Waals surface area contributed by atoms with E-state index in [2.05, 4.69) is 10.1 Å². The molecule has 0 aliphatic rings. The molecule has 80 valence electrons. The highest BCUT2D eigenvalue weighted by molar-refractivity contribution is 5.98. The number of carbonyl (C=O) groups is 1. The van der Waals surface area contributed by atoms with Gasteiger partial charge < -0.3 is 5.11 Å². The molecular weight excluding hydrogens is 206 g/mol. The average Bonchev–Trinajstić information content (AvgIpc) is 2.29. The van der Waals surface area contributed by atoms with Crippen molar-refractivity contribution in [2.75, 3.05) is 0 Å². The Hall–Kier alpha value is -2.43. The van der Waals surface area contributed by atoms with Gasteiger partial charge in [-0.25, -0.2) is 10.2 Å². The van der Waals surface area contributed by atoms with Crippen molar-refractivity contribution in [1.29, 1.82) is 0 Å². The molecule has 0 spiro atoms. The summed E-state index contributed by atoms with van der Waals surface area (Å²) >= 11 is 0. The van der Waals surface area contributed by atoms with Gasteiger partial charge in [-0.15, -0.1) is 0 Å². The Balaban J connectivity index is 2.37. The van der Waals surface area contributed by atoms with Crippen LogP contribution in [0.2, 0.25) is 0 Å². The third-order valence-electron chi connectivity index (χ3n) is 2.05. The molecule has 0 bridgehead atoms. The number of fused-ring (bicyclic) bond motifs is 1. The second kappa shape index (κ2) is 4.39. The number of benzene rings is 1. The molecule has 1 aromatic carbocycles. The fraction of sp³-hybridized carbons (Fsp3) is 0. The zero-order valence-corrected chi connectivity index (χ0v) is 8.29. The largest absolute Gasteiger partial charge is 0.464 e. The van der Waals surface area contributed by atoms with Crippen LogP contribution in [0.1, 0.15) is 5.56 Å². The molecule has 0 radical (unpaired) electrons. The molecule has 5 heteroatoms. The Labute approximate surface area is 91.4 Å². The third kappa shape index (κ3) is 2.14. The molecule has 1 amide bonds. The molecule has 2 aromatic rings. The Morgan fingerprint density at radius 3 is 3.00 bits per heavy atom. The molecule has 2 N–H and O–H groups in total. The van der Waals surface area contributed by atoms with Gasteiger partial charge in [-0.1, -0.05) is 18.2 Å². The highest BCUT2D eigenvalue weighted by Gasteiger charge is 1.98. The summed E-state index contributed by atoms with van der Waals surface area (Å²) in [6, 6.07) is 9.36. The van der Waals surface area contributed by atoms with Crippen molar-refractivity contribution in [3.8, 4) is 0 Å². The molecule has 5 nitrogen and oxygen atoms in total. The van der Waals surface area contributed by atoms with E-state index in [-0.39, 0.29) is 0 Å². The lowest BCUT2D eigenvalue weighted by atomic mass is 10.1. The second-order valence-corrected chi connectivity index (χ2v) is 3.09. The normalized spacial score (nSPS) is 10.8. The fourth-order valence-corrected chi connectivity index (χ4v) is 1.39. The van der Waals surface area contributed by atoms with Crippen molar-refractivity contribution < 1.29 is 9.90 Å². The molecule has 1 aromatic heterocycles. The highest BCUT2D eigenvalue weighted by Crippen LogP contribution is 2.13. The van der Waals surface area contributed by atoms with Crippen molar-refractivity contribution in [1.82, 2.24) is 10.4 Å². The van der Waals surface area contributed by atoms with E-state index in [1.165, 1.54) is 6.21 Å². The van der Waals surface area contributed by atoms with Crippen molar-refractivity contribution >= 4 is 23.2 Å². The van der Waals surface area contributed by atoms with Gasteiger partial charge in [-0.05, 0) is 12.1 Å². The molecular formula is C11H9N3O2. The van der Waals surface area contributed by atoms with Gasteiger partial charge in [-0.3, -0.25) is 4.98 Å². The summed E-state index contributed by atoms with van der Waals surface area (Å²) < 4.78 is 0. The van der Waals surface area contributed by atoms with E-state index >= 15 is 0 Å². The van der Waals surface area contributed by atoms with E-state index in [0.717, 1.165) is 16.5 Å². The van der Waals surface area contributed by atoms with Crippen LogP contribution in [0, 0.1) is 0 Å². The monoisotopic (exact) mass is 215 g/mol. The number of carboxylic acid groups (broad SMARTS) is 1. The van der Waals surface area contributed by atoms with Gasteiger partial charge in [-0.2, -0.15) is 5.10 Å². The lowest BCUT2D eigenvalue weighted by Gasteiger charge is -1.99. The lowest BCUT2D eigenvalue weighted by molar-refractivity contribution is 0.195. The van der Waals surface area contributed by atoms with Crippen LogP contribution in [0.4, 0.5) is 4.79 Å². The summed E-state index contributed by atoms with van der Waals surface area (Å²) in [5.41, 5.74) is 3.59. The van der Waals surface area contributed by atoms with Crippen LogP contribution < -0.4 is 5.43 Å². The Morgan fingerprint density at radius 2 is 2.19 bits per heavy atom. The minimum atomic E-state index is -1.19. The minimum absolute atomic E-state index is 0.819. The molecule has 0 unspecified atom stereocenters. The van der Waals surface area contributed by atoms with Crippen LogP contribution >= 0.6 is 0 Å². The van der Waals surface area contributed by atoms with Crippen LogP contribution in [0.3, 0.4) is 0 Å². The van der Waals surface area contributed by atoms with E-state index in [9.17, 15) is 4.79 Å². The molecule has 1 heterocycles. The van der Waals surface area contributed by atoms with Gasteiger partial charge in [0.15, 0.2) is 0 Å². The number of aromatic nitrogens is 1. The SMILES string of the molecule is O=C(O)NN=Cc1ccnc2ccccc12. The number of hydrogen-bond acceptors (Lipinski definition) is 3. The Bertz CT molecular complexity index is 546.